The predicted molar refractivity (Wildman–Crippen MR) is 386 cm³/mol. The number of ether oxygens (including phenoxy) is 4. The van der Waals surface area contributed by atoms with Gasteiger partial charge in [0, 0.05) is 25.7 Å². The van der Waals surface area contributed by atoms with Crippen LogP contribution in [-0.2, 0) is 65.4 Å². The van der Waals surface area contributed by atoms with Crippen molar-refractivity contribution in [1.82, 2.24) is 0 Å². The van der Waals surface area contributed by atoms with Gasteiger partial charge in [0.05, 0.1) is 26.4 Å². The smallest absolute Gasteiger partial charge is 0.462 e. The largest absolute Gasteiger partial charge is 0.472 e. The van der Waals surface area contributed by atoms with Crippen molar-refractivity contribution in [3.8, 4) is 0 Å². The van der Waals surface area contributed by atoms with Crippen LogP contribution in [0.1, 0.15) is 383 Å². The molecule has 95 heavy (non-hydrogen) atoms. The summed E-state index contributed by atoms with van der Waals surface area (Å²) in [5.41, 5.74) is 0. The van der Waals surface area contributed by atoms with E-state index in [0.29, 0.717) is 31.6 Å². The third kappa shape index (κ3) is 67.6. The maximum absolute atomic E-state index is 13.1. The summed E-state index contributed by atoms with van der Waals surface area (Å²) < 4.78 is 68.5. The Morgan fingerprint density at radius 2 is 0.505 bits per heavy atom. The summed E-state index contributed by atoms with van der Waals surface area (Å²) >= 11 is 0. The zero-order valence-electron chi connectivity index (χ0n) is 62.3. The summed E-state index contributed by atoms with van der Waals surface area (Å²) in [6, 6.07) is 0. The first-order valence-electron chi connectivity index (χ1n) is 39.3. The number of aliphatic hydroxyl groups excluding tert-OH is 1. The average Bonchev–Trinajstić information content (AvgIpc) is 1.89. The second-order valence-electron chi connectivity index (χ2n) is 28.8. The number of phosphoric ester groups is 2. The summed E-state index contributed by atoms with van der Waals surface area (Å²) in [6.07, 6.45) is 49.9. The van der Waals surface area contributed by atoms with Crippen LogP contribution in [0.4, 0.5) is 0 Å². The van der Waals surface area contributed by atoms with Gasteiger partial charge in [-0.25, -0.2) is 9.13 Å². The predicted octanol–water partition coefficient (Wildman–Crippen LogP) is 22.0. The standard InChI is InChI=1S/C76H148O17P2/c1-9-68(7)54-46-38-30-22-18-13-11-12-14-19-23-33-42-50-58-75(80)92-71(62-86-73(78)56-48-40-32-26-25-31-39-47-55-69(8)10-2)64-90-94(82,83)88-60-70(77)61-89-95(84,85)91-65-72(63-87-74(79)57-49-41-35-27-29-37-45-53-67(5)6)93-76(81)59-51-43-34-24-20-16-15-17-21-28-36-44-52-66(3)4/h66-72,77H,9-65H2,1-8H3,(H,82,83)(H,84,85)/t68?,69?,70?,71-,72-/m1/s1. The fraction of sp³-hybridized carbons (Fsp3) is 0.947. The summed E-state index contributed by atoms with van der Waals surface area (Å²) in [5.74, 6) is 0.983. The molecule has 3 N–H and O–H groups in total. The van der Waals surface area contributed by atoms with Gasteiger partial charge in [-0.1, -0.05) is 331 Å². The van der Waals surface area contributed by atoms with Crippen LogP contribution in [-0.4, -0.2) is 96.7 Å². The SMILES string of the molecule is CCC(C)CCCCCCCCCCCCCCCCC(=O)O[C@H](COC(=O)CCCCCCCCCCC(C)CC)COP(=O)(O)OCC(O)COP(=O)(O)OC[C@@H](COC(=O)CCCCCCCCCC(C)C)OC(=O)CCCCCCCCCCCCCCC(C)C. The van der Waals surface area contributed by atoms with Crippen LogP contribution in [0.2, 0.25) is 0 Å². The van der Waals surface area contributed by atoms with Crippen molar-refractivity contribution in [2.75, 3.05) is 39.6 Å². The number of hydrogen-bond donors (Lipinski definition) is 3. The van der Waals surface area contributed by atoms with E-state index in [1.54, 1.807) is 0 Å². The highest BCUT2D eigenvalue weighted by Gasteiger charge is 2.30. The number of aliphatic hydroxyl groups is 1. The molecule has 0 spiro atoms. The molecule has 7 atom stereocenters. The number of carbonyl (C=O) groups is 4. The van der Waals surface area contributed by atoms with Gasteiger partial charge in [-0.3, -0.25) is 37.3 Å². The molecule has 0 radical (unpaired) electrons. The molecule has 0 aliphatic rings. The Bertz CT molecular complexity index is 1870. The molecule has 5 unspecified atom stereocenters. The molecule has 0 fully saturated rings. The normalized spacial score (nSPS) is 14.7. The number of esters is 4. The van der Waals surface area contributed by atoms with Gasteiger partial charge in [0.25, 0.3) is 0 Å². The first-order valence-corrected chi connectivity index (χ1v) is 42.3. The Morgan fingerprint density at radius 3 is 0.747 bits per heavy atom. The molecule has 0 aromatic rings. The number of unbranched alkanes of at least 4 members (excludes halogenated alkanes) is 37. The zero-order chi connectivity index (χ0) is 70.3. The number of carbonyl (C=O) groups excluding carboxylic acids is 4. The van der Waals surface area contributed by atoms with Crippen LogP contribution in [0.3, 0.4) is 0 Å². The van der Waals surface area contributed by atoms with Crippen molar-refractivity contribution >= 4 is 39.5 Å². The molecule has 0 saturated heterocycles. The minimum atomic E-state index is -4.96. The summed E-state index contributed by atoms with van der Waals surface area (Å²) in [6.45, 7) is 14.2. The Morgan fingerprint density at radius 1 is 0.295 bits per heavy atom. The molecule has 0 heterocycles. The summed E-state index contributed by atoms with van der Waals surface area (Å²) in [5, 5.41) is 10.6. The van der Waals surface area contributed by atoms with Crippen molar-refractivity contribution in [3.63, 3.8) is 0 Å². The number of hydrogen-bond acceptors (Lipinski definition) is 15. The molecule has 0 aliphatic heterocycles. The highest BCUT2D eigenvalue weighted by Crippen LogP contribution is 2.45. The van der Waals surface area contributed by atoms with E-state index in [1.165, 1.54) is 180 Å². The molecule has 0 aromatic heterocycles. The van der Waals surface area contributed by atoms with Gasteiger partial charge in [-0.15, -0.1) is 0 Å². The highest BCUT2D eigenvalue weighted by atomic mass is 31.2. The van der Waals surface area contributed by atoms with Crippen LogP contribution in [0.15, 0.2) is 0 Å². The van der Waals surface area contributed by atoms with Crippen LogP contribution in [0.5, 0.6) is 0 Å². The molecular weight excluding hydrogens is 1250 g/mol. The molecule has 17 nitrogen and oxygen atoms in total. The Labute approximate surface area is 581 Å². The molecule has 0 aromatic carbocycles. The first-order chi connectivity index (χ1) is 45.7. The Hall–Kier alpha value is -1.94. The lowest BCUT2D eigenvalue weighted by Gasteiger charge is -2.21. The molecular formula is C76H148O17P2. The average molecular weight is 1400 g/mol. The van der Waals surface area contributed by atoms with Gasteiger partial charge >= 0.3 is 39.5 Å². The van der Waals surface area contributed by atoms with Gasteiger partial charge in [0.15, 0.2) is 12.2 Å². The van der Waals surface area contributed by atoms with Crippen LogP contribution in [0, 0.1) is 23.7 Å². The van der Waals surface area contributed by atoms with Gasteiger partial charge in [-0.05, 0) is 49.4 Å². The molecule has 0 amide bonds. The molecule has 0 aliphatic carbocycles. The minimum Gasteiger partial charge on any atom is -0.462 e. The van der Waals surface area contributed by atoms with E-state index >= 15 is 0 Å². The first kappa shape index (κ1) is 93.1. The Kier molecular flexibility index (Phi) is 64.0. The molecule has 0 bridgehead atoms. The van der Waals surface area contributed by atoms with E-state index in [9.17, 15) is 43.2 Å². The third-order valence-electron chi connectivity index (χ3n) is 18.3. The van der Waals surface area contributed by atoms with Crippen molar-refractivity contribution in [3.05, 3.63) is 0 Å². The lowest BCUT2D eigenvalue weighted by molar-refractivity contribution is -0.161. The van der Waals surface area contributed by atoms with Gasteiger partial charge < -0.3 is 33.8 Å². The van der Waals surface area contributed by atoms with E-state index in [2.05, 4.69) is 55.4 Å². The maximum atomic E-state index is 13.1. The number of rotatable bonds is 73. The minimum absolute atomic E-state index is 0.106. The fourth-order valence-electron chi connectivity index (χ4n) is 11.5. The second-order valence-corrected chi connectivity index (χ2v) is 31.7. The zero-order valence-corrected chi connectivity index (χ0v) is 64.1. The topological polar surface area (TPSA) is 237 Å². The maximum Gasteiger partial charge on any atom is 0.472 e. The molecule has 0 saturated carbocycles. The molecule has 0 rings (SSSR count). The molecule has 19 heteroatoms. The van der Waals surface area contributed by atoms with E-state index in [-0.39, 0.29) is 25.7 Å². The van der Waals surface area contributed by atoms with Gasteiger partial charge in [0.2, 0.25) is 0 Å². The van der Waals surface area contributed by atoms with Gasteiger partial charge in [-0.2, -0.15) is 0 Å². The van der Waals surface area contributed by atoms with Crippen molar-refractivity contribution < 1.29 is 80.2 Å². The number of phosphoric acid groups is 2. The fourth-order valence-corrected chi connectivity index (χ4v) is 13.1. The van der Waals surface area contributed by atoms with Crippen LogP contribution < -0.4 is 0 Å². The molecule has 564 valence electrons. The summed E-state index contributed by atoms with van der Waals surface area (Å²) in [4.78, 5) is 72.8. The van der Waals surface area contributed by atoms with Crippen molar-refractivity contribution in [2.45, 2.75) is 401 Å². The van der Waals surface area contributed by atoms with Gasteiger partial charge in [0.1, 0.15) is 19.3 Å². The summed E-state index contributed by atoms with van der Waals surface area (Å²) in [7, 11) is -9.91. The second kappa shape index (κ2) is 65.4. The van der Waals surface area contributed by atoms with Crippen LogP contribution >= 0.6 is 15.6 Å². The lowest BCUT2D eigenvalue weighted by atomic mass is 9.99. The van der Waals surface area contributed by atoms with Crippen molar-refractivity contribution in [1.29, 1.82) is 0 Å². The van der Waals surface area contributed by atoms with E-state index in [0.717, 1.165) is 114 Å². The van der Waals surface area contributed by atoms with Crippen LogP contribution in [0.25, 0.3) is 0 Å². The quantitative estimate of drug-likeness (QED) is 0.0222. The Balaban J connectivity index is 5.25. The van der Waals surface area contributed by atoms with E-state index < -0.39 is 97.5 Å². The van der Waals surface area contributed by atoms with E-state index in [1.807, 2.05) is 0 Å². The highest BCUT2D eigenvalue weighted by molar-refractivity contribution is 7.47. The monoisotopic (exact) mass is 1400 g/mol. The third-order valence-corrected chi connectivity index (χ3v) is 20.2. The lowest BCUT2D eigenvalue weighted by Crippen LogP contribution is -2.30. The van der Waals surface area contributed by atoms with Crippen molar-refractivity contribution in [2.24, 2.45) is 23.7 Å². The van der Waals surface area contributed by atoms with E-state index in [4.69, 9.17) is 37.0 Å².